The molecule has 0 atom stereocenters. The summed E-state index contributed by atoms with van der Waals surface area (Å²) >= 11 is -1.81. The van der Waals surface area contributed by atoms with Crippen molar-refractivity contribution in [3.63, 3.8) is 0 Å². The Morgan fingerprint density at radius 2 is 1.81 bits per heavy atom. The van der Waals surface area contributed by atoms with Gasteiger partial charge in [0.25, 0.3) is 0 Å². The number of hydrogen-bond donors (Lipinski definition) is 0. The molecule has 0 nitrogen and oxygen atoms in total. The van der Waals surface area contributed by atoms with E-state index in [9.17, 15) is 0 Å². The van der Waals surface area contributed by atoms with Crippen LogP contribution < -0.4 is 0 Å². The molecule has 0 aromatic heterocycles. The molecule has 0 fully saturated rings. The maximum atomic E-state index is 4.23. The summed E-state index contributed by atoms with van der Waals surface area (Å²) < 4.78 is 1.53. The number of allylic oxidation sites excluding steroid dienone is 2. The van der Waals surface area contributed by atoms with E-state index in [0.717, 1.165) is 6.42 Å². The van der Waals surface area contributed by atoms with E-state index in [1.54, 1.807) is 0 Å². The Morgan fingerprint density at radius 1 is 1.19 bits per heavy atom. The molecule has 0 radical (unpaired) electrons. The van der Waals surface area contributed by atoms with Crippen molar-refractivity contribution in [1.82, 2.24) is 0 Å². The van der Waals surface area contributed by atoms with E-state index < -0.39 is 18.4 Å². The Balaban J connectivity index is 2.37. The molecule has 0 aliphatic heterocycles. The second kappa shape index (κ2) is 6.29. The van der Waals surface area contributed by atoms with E-state index in [1.165, 1.54) is 15.6 Å². The quantitative estimate of drug-likeness (QED) is 0.676. The van der Waals surface area contributed by atoms with Crippen molar-refractivity contribution in [3.05, 3.63) is 52.1 Å². The normalized spacial score (nSPS) is 11.9. The molecule has 16 heavy (non-hydrogen) atoms. The molecular weight excluding hydrogens is 299 g/mol. The SMILES string of the molecule is C=[C](CC/C=C/c1ccccc1)[Sn]([CH3])([CH3])[CH3]. The number of hydrogen-bond acceptors (Lipinski definition) is 0. The minimum atomic E-state index is -1.81. The zero-order chi connectivity index (χ0) is 12.0. The first-order chi connectivity index (χ1) is 7.50. The molecule has 1 aromatic carbocycles. The molecule has 0 aliphatic rings. The van der Waals surface area contributed by atoms with E-state index in [0.29, 0.717) is 0 Å². The van der Waals surface area contributed by atoms with Crippen molar-refractivity contribution in [2.24, 2.45) is 0 Å². The Bertz CT molecular complexity index is 355. The summed E-state index contributed by atoms with van der Waals surface area (Å²) in [7, 11) is 0. The van der Waals surface area contributed by atoms with Gasteiger partial charge in [0.05, 0.1) is 0 Å². The average molecular weight is 321 g/mol. The summed E-state index contributed by atoms with van der Waals surface area (Å²) in [6.45, 7) is 4.23. The Hall–Kier alpha value is -0.501. The van der Waals surface area contributed by atoms with Crippen LogP contribution in [0.2, 0.25) is 14.8 Å². The molecule has 1 aromatic rings. The van der Waals surface area contributed by atoms with Gasteiger partial charge in [-0.1, -0.05) is 0 Å². The second-order valence-corrected chi connectivity index (χ2v) is 20.1. The van der Waals surface area contributed by atoms with E-state index in [2.05, 4.69) is 57.8 Å². The van der Waals surface area contributed by atoms with Gasteiger partial charge in [-0.05, 0) is 0 Å². The van der Waals surface area contributed by atoms with Crippen molar-refractivity contribution in [1.29, 1.82) is 0 Å². The van der Waals surface area contributed by atoms with Gasteiger partial charge < -0.3 is 0 Å². The molecule has 1 heteroatoms. The monoisotopic (exact) mass is 322 g/mol. The molecule has 0 unspecified atom stereocenters. The minimum absolute atomic E-state index is 1.13. The molecule has 0 bridgehead atoms. The fraction of sp³-hybridized carbons (Fsp3) is 0.333. The van der Waals surface area contributed by atoms with Gasteiger partial charge >= 0.3 is 104 Å². The predicted octanol–water partition coefficient (Wildman–Crippen LogP) is 4.91. The van der Waals surface area contributed by atoms with Crippen molar-refractivity contribution in [3.8, 4) is 0 Å². The van der Waals surface area contributed by atoms with Crippen LogP contribution >= 0.6 is 0 Å². The molecule has 0 aliphatic carbocycles. The molecule has 0 heterocycles. The molecule has 1 rings (SSSR count). The summed E-state index contributed by atoms with van der Waals surface area (Å²) in [5.41, 5.74) is 1.28. The van der Waals surface area contributed by atoms with Gasteiger partial charge in [0.1, 0.15) is 0 Å². The summed E-state index contributed by atoms with van der Waals surface area (Å²) in [6.07, 6.45) is 6.76. The summed E-state index contributed by atoms with van der Waals surface area (Å²) in [5.74, 6) is 0. The zero-order valence-electron chi connectivity index (χ0n) is 10.7. The fourth-order valence-electron chi connectivity index (χ4n) is 1.42. The van der Waals surface area contributed by atoms with E-state index in [1.807, 2.05) is 6.07 Å². The van der Waals surface area contributed by atoms with Gasteiger partial charge in [-0.15, -0.1) is 0 Å². The first-order valence-electron chi connectivity index (χ1n) is 5.90. The van der Waals surface area contributed by atoms with Gasteiger partial charge in [0.15, 0.2) is 0 Å². The van der Waals surface area contributed by atoms with Crippen molar-refractivity contribution < 1.29 is 0 Å². The van der Waals surface area contributed by atoms with Gasteiger partial charge in [-0.2, -0.15) is 0 Å². The molecule has 86 valence electrons. The van der Waals surface area contributed by atoms with Crippen LogP contribution in [0.15, 0.2) is 46.6 Å². The zero-order valence-corrected chi connectivity index (χ0v) is 13.5. The molecular formula is C15H22Sn. The predicted molar refractivity (Wildman–Crippen MR) is 77.2 cm³/mol. The molecule has 0 N–H and O–H groups in total. The van der Waals surface area contributed by atoms with E-state index in [-0.39, 0.29) is 0 Å². The van der Waals surface area contributed by atoms with Crippen LogP contribution in [0.3, 0.4) is 0 Å². The van der Waals surface area contributed by atoms with Crippen LogP contribution in [0.4, 0.5) is 0 Å². The Labute approximate surface area is 104 Å². The number of rotatable bonds is 5. The Kier molecular flexibility index (Phi) is 5.33. The van der Waals surface area contributed by atoms with Crippen molar-refractivity contribution in [2.45, 2.75) is 27.7 Å². The van der Waals surface area contributed by atoms with Gasteiger partial charge in [-0.25, -0.2) is 0 Å². The number of benzene rings is 1. The third-order valence-corrected chi connectivity index (χ3v) is 9.55. The van der Waals surface area contributed by atoms with Gasteiger partial charge in [0.2, 0.25) is 0 Å². The third-order valence-electron chi connectivity index (χ3n) is 2.78. The maximum absolute atomic E-state index is 4.23. The molecule has 0 spiro atoms. The first-order valence-corrected chi connectivity index (χ1v) is 15.9. The summed E-state index contributed by atoms with van der Waals surface area (Å²) in [6, 6.07) is 10.5. The van der Waals surface area contributed by atoms with Crippen molar-refractivity contribution >= 4 is 24.5 Å². The van der Waals surface area contributed by atoms with Crippen LogP contribution in [-0.2, 0) is 0 Å². The summed E-state index contributed by atoms with van der Waals surface area (Å²) in [5, 5.41) is 0. The van der Waals surface area contributed by atoms with Crippen LogP contribution in [0, 0.1) is 0 Å². The molecule has 0 saturated carbocycles. The van der Waals surface area contributed by atoms with Gasteiger partial charge in [0, 0.05) is 0 Å². The topological polar surface area (TPSA) is 0 Å². The van der Waals surface area contributed by atoms with Crippen LogP contribution in [-0.4, -0.2) is 18.4 Å². The Morgan fingerprint density at radius 3 is 2.38 bits per heavy atom. The van der Waals surface area contributed by atoms with Crippen LogP contribution in [0.5, 0.6) is 0 Å². The molecule has 0 amide bonds. The van der Waals surface area contributed by atoms with E-state index >= 15 is 0 Å². The van der Waals surface area contributed by atoms with Crippen molar-refractivity contribution in [2.75, 3.05) is 0 Å². The average Bonchev–Trinajstić information content (AvgIpc) is 2.24. The standard InChI is InChI=1S/C12H13.3CH3.Sn/c1-2-3-4-6-9-12-10-7-5-8-11-12;;;;/h5-11H,1,3-4H2;3*1H3;/b9-6+;;;;. The third kappa shape index (κ3) is 5.02. The van der Waals surface area contributed by atoms with Crippen LogP contribution in [0.1, 0.15) is 18.4 Å². The summed E-state index contributed by atoms with van der Waals surface area (Å²) in [4.78, 5) is 7.29. The molecule has 0 saturated heterocycles. The first kappa shape index (κ1) is 13.6. The van der Waals surface area contributed by atoms with Gasteiger partial charge in [-0.3, -0.25) is 0 Å². The van der Waals surface area contributed by atoms with E-state index in [4.69, 9.17) is 0 Å². The second-order valence-electron chi connectivity index (χ2n) is 5.21. The van der Waals surface area contributed by atoms with Crippen LogP contribution in [0.25, 0.3) is 6.08 Å². The fourth-order valence-corrected chi connectivity index (χ4v) is 3.97.